The Kier molecular flexibility index (Phi) is 4.02. The lowest BCUT2D eigenvalue weighted by Crippen LogP contribution is -2.17. The summed E-state index contributed by atoms with van der Waals surface area (Å²) in [5.41, 5.74) is 11.9. The molecule has 3 rings (SSSR count). The van der Waals surface area contributed by atoms with Gasteiger partial charge >= 0.3 is 0 Å². The quantitative estimate of drug-likeness (QED) is 0.940. The van der Waals surface area contributed by atoms with Gasteiger partial charge in [0, 0.05) is 17.3 Å². The van der Waals surface area contributed by atoms with Gasteiger partial charge in [-0.2, -0.15) is 0 Å². The third-order valence-electron chi connectivity index (χ3n) is 4.51. The van der Waals surface area contributed by atoms with Crippen molar-refractivity contribution in [2.45, 2.75) is 45.4 Å². The second-order valence-corrected chi connectivity index (χ2v) is 5.91. The summed E-state index contributed by atoms with van der Waals surface area (Å²) in [7, 11) is 0. The average molecular weight is 281 g/mol. The lowest BCUT2D eigenvalue weighted by atomic mass is 9.82. The Labute approximate surface area is 126 Å². The number of aryl methyl sites for hydroxylation is 3. The fourth-order valence-corrected chi connectivity index (χ4v) is 3.45. The normalized spacial score (nSPS) is 17.6. The molecule has 0 bridgehead atoms. The van der Waals surface area contributed by atoms with Gasteiger partial charge in [-0.05, 0) is 62.8 Å². The first-order valence-corrected chi connectivity index (χ1v) is 7.82. The van der Waals surface area contributed by atoms with Crippen LogP contribution in [-0.4, -0.2) is 16.5 Å². The van der Waals surface area contributed by atoms with Gasteiger partial charge in [0.05, 0.1) is 0 Å². The number of rotatable bonds is 3. The fourth-order valence-electron chi connectivity index (χ4n) is 3.45. The Morgan fingerprint density at radius 2 is 1.86 bits per heavy atom. The molecule has 2 N–H and O–H groups in total. The van der Waals surface area contributed by atoms with E-state index in [0.717, 1.165) is 30.1 Å². The first-order chi connectivity index (χ1) is 10.2. The molecule has 1 aliphatic carbocycles. The first-order valence-electron chi connectivity index (χ1n) is 7.82. The maximum absolute atomic E-state index is 5.69. The van der Waals surface area contributed by atoms with Crippen LogP contribution in [0, 0.1) is 13.8 Å². The van der Waals surface area contributed by atoms with Gasteiger partial charge in [0.1, 0.15) is 5.82 Å². The summed E-state index contributed by atoms with van der Waals surface area (Å²) in [6.07, 6.45) is 4.40. The zero-order valence-corrected chi connectivity index (χ0v) is 12.9. The van der Waals surface area contributed by atoms with Crippen molar-refractivity contribution < 1.29 is 0 Å². The first kappa shape index (κ1) is 14.2. The van der Waals surface area contributed by atoms with Crippen LogP contribution in [0.4, 0.5) is 0 Å². The summed E-state index contributed by atoms with van der Waals surface area (Å²) >= 11 is 0. The highest BCUT2D eigenvalue weighted by Gasteiger charge is 2.24. The van der Waals surface area contributed by atoms with Crippen LogP contribution in [-0.2, 0) is 12.8 Å². The highest BCUT2D eigenvalue weighted by atomic mass is 14.9. The lowest BCUT2D eigenvalue weighted by molar-refractivity contribution is 0.585. The van der Waals surface area contributed by atoms with Gasteiger partial charge in [-0.3, -0.25) is 0 Å². The summed E-state index contributed by atoms with van der Waals surface area (Å²) < 4.78 is 0. The van der Waals surface area contributed by atoms with Crippen LogP contribution < -0.4 is 5.73 Å². The summed E-state index contributed by atoms with van der Waals surface area (Å²) in [4.78, 5) is 9.62. The molecule has 1 aromatic carbocycles. The van der Waals surface area contributed by atoms with Gasteiger partial charge in [0.2, 0.25) is 0 Å². The van der Waals surface area contributed by atoms with E-state index < -0.39 is 0 Å². The zero-order valence-electron chi connectivity index (χ0n) is 12.9. The van der Waals surface area contributed by atoms with E-state index in [1.165, 1.54) is 29.5 Å². The molecule has 1 heterocycles. The van der Waals surface area contributed by atoms with Crippen LogP contribution in [0.1, 0.15) is 52.7 Å². The van der Waals surface area contributed by atoms with Crippen LogP contribution in [0.5, 0.6) is 0 Å². The van der Waals surface area contributed by atoms with Crippen LogP contribution in [0.2, 0.25) is 0 Å². The van der Waals surface area contributed by atoms with Crippen molar-refractivity contribution in [2.75, 3.05) is 6.54 Å². The molecule has 0 aliphatic heterocycles. The van der Waals surface area contributed by atoms with E-state index >= 15 is 0 Å². The summed E-state index contributed by atoms with van der Waals surface area (Å²) in [6, 6.07) is 8.73. The van der Waals surface area contributed by atoms with E-state index in [4.69, 9.17) is 15.7 Å². The molecule has 1 unspecified atom stereocenters. The predicted molar refractivity (Wildman–Crippen MR) is 85.5 cm³/mol. The molecule has 1 aliphatic rings. The highest BCUT2D eigenvalue weighted by Crippen LogP contribution is 2.35. The molecule has 21 heavy (non-hydrogen) atoms. The molecular formula is C18H23N3. The van der Waals surface area contributed by atoms with Crippen molar-refractivity contribution in [3.05, 3.63) is 58.2 Å². The van der Waals surface area contributed by atoms with Crippen LogP contribution >= 0.6 is 0 Å². The molecule has 2 aromatic rings. The summed E-state index contributed by atoms with van der Waals surface area (Å²) in [6.45, 7) is 4.81. The number of nitrogens with two attached hydrogens (primary N) is 1. The molecule has 0 saturated carbocycles. The molecule has 0 amide bonds. The minimum atomic E-state index is 0.347. The molecule has 1 aromatic heterocycles. The predicted octanol–water partition coefficient (Wildman–Crippen LogP) is 3.06. The largest absolute Gasteiger partial charge is 0.330 e. The van der Waals surface area contributed by atoms with Crippen molar-refractivity contribution in [3.8, 4) is 0 Å². The van der Waals surface area contributed by atoms with Crippen molar-refractivity contribution >= 4 is 0 Å². The Bertz CT molecular complexity index is 626. The van der Waals surface area contributed by atoms with Crippen molar-refractivity contribution in [1.29, 1.82) is 0 Å². The second-order valence-electron chi connectivity index (χ2n) is 5.91. The number of hydrogen-bond donors (Lipinski definition) is 1. The van der Waals surface area contributed by atoms with Gasteiger partial charge in [0.25, 0.3) is 0 Å². The van der Waals surface area contributed by atoms with E-state index in [0.29, 0.717) is 12.5 Å². The highest BCUT2D eigenvalue weighted by molar-refractivity contribution is 5.37. The van der Waals surface area contributed by atoms with Gasteiger partial charge in [-0.15, -0.1) is 0 Å². The number of aromatic nitrogens is 2. The summed E-state index contributed by atoms with van der Waals surface area (Å²) in [5, 5.41) is 0. The number of fused-ring (bicyclic) bond motifs is 1. The maximum Gasteiger partial charge on any atom is 0.136 e. The number of nitrogens with zero attached hydrogens (tertiary/aromatic N) is 2. The fraction of sp³-hybridized carbons (Fsp3) is 0.444. The lowest BCUT2D eigenvalue weighted by Gasteiger charge is -2.25. The molecular weight excluding hydrogens is 258 g/mol. The monoisotopic (exact) mass is 281 g/mol. The molecule has 1 atom stereocenters. The average Bonchev–Trinajstić information content (AvgIpc) is 2.50. The molecule has 0 radical (unpaired) electrons. The second kappa shape index (κ2) is 5.94. The van der Waals surface area contributed by atoms with Gasteiger partial charge in [-0.25, -0.2) is 9.97 Å². The van der Waals surface area contributed by atoms with Gasteiger partial charge in [-0.1, -0.05) is 24.3 Å². The van der Waals surface area contributed by atoms with Crippen molar-refractivity contribution in [3.63, 3.8) is 0 Å². The minimum absolute atomic E-state index is 0.347. The van der Waals surface area contributed by atoms with Crippen molar-refractivity contribution in [1.82, 2.24) is 9.97 Å². The van der Waals surface area contributed by atoms with Crippen molar-refractivity contribution in [2.24, 2.45) is 5.73 Å². The molecule has 0 spiro atoms. The Hall–Kier alpha value is -1.74. The maximum atomic E-state index is 5.69. The third kappa shape index (κ3) is 2.70. The standard InChI is InChI=1S/C18H23N3/c1-12-15(10-11-19)13(2)21-18(20-12)17-9-5-7-14-6-3-4-8-16(14)17/h3-4,6,8,17H,5,7,9-11,19H2,1-2H3. The molecule has 0 saturated heterocycles. The van der Waals surface area contributed by atoms with Gasteiger partial charge < -0.3 is 5.73 Å². The zero-order chi connectivity index (χ0) is 14.8. The Morgan fingerprint density at radius 3 is 2.57 bits per heavy atom. The van der Waals surface area contributed by atoms with Crippen LogP contribution in [0.15, 0.2) is 24.3 Å². The van der Waals surface area contributed by atoms with Gasteiger partial charge in [0.15, 0.2) is 0 Å². The van der Waals surface area contributed by atoms with E-state index in [2.05, 4.69) is 38.1 Å². The molecule has 0 fully saturated rings. The number of hydrogen-bond acceptors (Lipinski definition) is 3. The molecule has 110 valence electrons. The topological polar surface area (TPSA) is 51.8 Å². The van der Waals surface area contributed by atoms with Crippen LogP contribution in [0.25, 0.3) is 0 Å². The Balaban J connectivity index is 2.02. The third-order valence-corrected chi connectivity index (χ3v) is 4.51. The SMILES string of the molecule is Cc1nc(C2CCCc3ccccc32)nc(C)c1CCN. The smallest absolute Gasteiger partial charge is 0.136 e. The number of benzene rings is 1. The molecule has 3 heteroatoms. The van der Waals surface area contributed by atoms with Crippen LogP contribution in [0.3, 0.4) is 0 Å². The Morgan fingerprint density at radius 1 is 1.14 bits per heavy atom. The van der Waals surface area contributed by atoms with E-state index in [1.807, 2.05) is 0 Å². The minimum Gasteiger partial charge on any atom is -0.330 e. The summed E-state index contributed by atoms with van der Waals surface area (Å²) in [5.74, 6) is 1.33. The van der Waals surface area contributed by atoms with E-state index in [9.17, 15) is 0 Å². The van der Waals surface area contributed by atoms with E-state index in [-0.39, 0.29) is 0 Å². The molecule has 3 nitrogen and oxygen atoms in total. The van der Waals surface area contributed by atoms with E-state index in [1.54, 1.807) is 0 Å².